The topological polar surface area (TPSA) is 20.3 Å². The predicted octanol–water partition coefficient (Wildman–Crippen LogP) is 3.92. The Labute approximate surface area is 117 Å². The standard InChI is InChI=1S/C11H21NO.C6H6/c1-2-3-4-5-8-12-9-6-11(13)7-10-12;1-2-4-6-5-3-1/h2-10H2,1H3;1-6H. The van der Waals surface area contributed by atoms with Crippen molar-refractivity contribution in [3.63, 3.8) is 0 Å². The number of ketones is 1. The SMILES string of the molecule is CCCCCCN1CCC(=O)CC1.c1ccccc1. The summed E-state index contributed by atoms with van der Waals surface area (Å²) in [7, 11) is 0. The molecule has 19 heavy (non-hydrogen) atoms. The molecule has 0 aliphatic carbocycles. The van der Waals surface area contributed by atoms with Crippen molar-refractivity contribution in [3.05, 3.63) is 36.4 Å². The van der Waals surface area contributed by atoms with Gasteiger partial charge < -0.3 is 4.90 Å². The van der Waals surface area contributed by atoms with Crippen molar-refractivity contribution in [1.82, 2.24) is 4.90 Å². The fraction of sp³-hybridized carbons (Fsp3) is 0.588. The third kappa shape index (κ3) is 8.55. The van der Waals surface area contributed by atoms with Crippen molar-refractivity contribution in [3.8, 4) is 0 Å². The van der Waals surface area contributed by atoms with Gasteiger partial charge in [-0.05, 0) is 13.0 Å². The van der Waals surface area contributed by atoms with Crippen LogP contribution in [-0.4, -0.2) is 30.3 Å². The first-order valence-electron chi connectivity index (χ1n) is 7.57. The minimum Gasteiger partial charge on any atom is -0.302 e. The summed E-state index contributed by atoms with van der Waals surface area (Å²) >= 11 is 0. The quantitative estimate of drug-likeness (QED) is 0.749. The number of unbranched alkanes of at least 4 members (excludes halogenated alkanes) is 3. The molecule has 2 heteroatoms. The van der Waals surface area contributed by atoms with Crippen LogP contribution in [0.5, 0.6) is 0 Å². The van der Waals surface area contributed by atoms with Gasteiger partial charge in [-0.1, -0.05) is 62.6 Å². The maximum absolute atomic E-state index is 11.0. The van der Waals surface area contributed by atoms with Crippen LogP contribution in [0.3, 0.4) is 0 Å². The maximum Gasteiger partial charge on any atom is 0.135 e. The Morgan fingerprint density at radius 2 is 1.42 bits per heavy atom. The van der Waals surface area contributed by atoms with Crippen molar-refractivity contribution in [2.45, 2.75) is 45.4 Å². The maximum atomic E-state index is 11.0. The van der Waals surface area contributed by atoms with Gasteiger partial charge in [0.05, 0.1) is 0 Å². The van der Waals surface area contributed by atoms with Crippen LogP contribution in [0.25, 0.3) is 0 Å². The second kappa shape index (κ2) is 10.7. The van der Waals surface area contributed by atoms with E-state index >= 15 is 0 Å². The Morgan fingerprint density at radius 1 is 0.895 bits per heavy atom. The van der Waals surface area contributed by atoms with E-state index in [9.17, 15) is 4.79 Å². The van der Waals surface area contributed by atoms with Crippen molar-refractivity contribution in [1.29, 1.82) is 0 Å². The lowest BCUT2D eigenvalue weighted by Crippen LogP contribution is -2.34. The van der Waals surface area contributed by atoms with E-state index in [-0.39, 0.29) is 0 Å². The van der Waals surface area contributed by atoms with Crippen LogP contribution in [0.1, 0.15) is 45.4 Å². The lowest BCUT2D eigenvalue weighted by atomic mass is 10.1. The lowest BCUT2D eigenvalue weighted by Gasteiger charge is -2.25. The summed E-state index contributed by atoms with van der Waals surface area (Å²) in [6.45, 7) is 5.45. The number of likely N-dealkylation sites (tertiary alicyclic amines) is 1. The Morgan fingerprint density at radius 3 is 1.89 bits per heavy atom. The van der Waals surface area contributed by atoms with E-state index in [1.807, 2.05) is 36.4 Å². The molecule has 1 aromatic rings. The first-order chi connectivity index (χ1) is 9.33. The largest absolute Gasteiger partial charge is 0.302 e. The van der Waals surface area contributed by atoms with Gasteiger partial charge in [-0.15, -0.1) is 0 Å². The van der Waals surface area contributed by atoms with Crippen LogP contribution in [-0.2, 0) is 4.79 Å². The molecule has 0 N–H and O–H groups in total. The average Bonchev–Trinajstić information content (AvgIpc) is 2.48. The lowest BCUT2D eigenvalue weighted by molar-refractivity contribution is -0.121. The van der Waals surface area contributed by atoms with Gasteiger partial charge in [0.1, 0.15) is 5.78 Å². The monoisotopic (exact) mass is 261 g/mol. The van der Waals surface area contributed by atoms with E-state index in [1.165, 1.54) is 32.2 Å². The second-order valence-electron chi connectivity index (χ2n) is 5.10. The molecular formula is C17H27NO. The first kappa shape index (κ1) is 15.9. The highest BCUT2D eigenvalue weighted by molar-refractivity contribution is 5.79. The molecule has 2 rings (SSSR count). The molecule has 1 saturated heterocycles. The molecule has 0 spiro atoms. The zero-order valence-electron chi connectivity index (χ0n) is 12.2. The highest BCUT2D eigenvalue weighted by Crippen LogP contribution is 2.08. The molecule has 1 aliphatic rings. The van der Waals surface area contributed by atoms with Gasteiger partial charge in [0.2, 0.25) is 0 Å². The minimum absolute atomic E-state index is 0.449. The number of piperidine rings is 1. The summed E-state index contributed by atoms with van der Waals surface area (Å²) in [6, 6.07) is 12.0. The molecule has 1 aromatic carbocycles. The van der Waals surface area contributed by atoms with Crippen LogP contribution in [0.2, 0.25) is 0 Å². The molecular weight excluding hydrogens is 234 g/mol. The third-order valence-corrected chi connectivity index (χ3v) is 3.41. The molecule has 1 aliphatic heterocycles. The van der Waals surface area contributed by atoms with Crippen molar-refractivity contribution >= 4 is 5.78 Å². The van der Waals surface area contributed by atoms with Crippen LogP contribution < -0.4 is 0 Å². The smallest absolute Gasteiger partial charge is 0.135 e. The van der Waals surface area contributed by atoms with E-state index in [0.717, 1.165) is 25.9 Å². The summed E-state index contributed by atoms with van der Waals surface area (Å²) in [5.41, 5.74) is 0. The number of benzene rings is 1. The summed E-state index contributed by atoms with van der Waals surface area (Å²) in [6.07, 6.45) is 6.88. The van der Waals surface area contributed by atoms with Gasteiger partial charge in [0.15, 0.2) is 0 Å². The average molecular weight is 261 g/mol. The summed E-state index contributed by atoms with van der Waals surface area (Å²) in [4.78, 5) is 13.4. The number of hydrogen-bond acceptors (Lipinski definition) is 2. The number of carbonyl (C=O) groups excluding carboxylic acids is 1. The Kier molecular flexibility index (Phi) is 8.99. The molecule has 106 valence electrons. The Balaban J connectivity index is 0.000000250. The van der Waals surface area contributed by atoms with Crippen molar-refractivity contribution < 1.29 is 4.79 Å². The van der Waals surface area contributed by atoms with Crippen LogP contribution in [0.4, 0.5) is 0 Å². The van der Waals surface area contributed by atoms with E-state index in [2.05, 4.69) is 11.8 Å². The normalized spacial score (nSPS) is 15.7. The van der Waals surface area contributed by atoms with E-state index in [1.54, 1.807) is 0 Å². The third-order valence-electron chi connectivity index (χ3n) is 3.41. The van der Waals surface area contributed by atoms with Gasteiger partial charge in [-0.2, -0.15) is 0 Å². The fourth-order valence-corrected chi connectivity index (χ4v) is 2.17. The van der Waals surface area contributed by atoms with Crippen LogP contribution >= 0.6 is 0 Å². The minimum atomic E-state index is 0.449. The fourth-order valence-electron chi connectivity index (χ4n) is 2.17. The summed E-state index contributed by atoms with van der Waals surface area (Å²) in [5, 5.41) is 0. The van der Waals surface area contributed by atoms with Crippen LogP contribution in [0, 0.1) is 0 Å². The molecule has 2 nitrogen and oxygen atoms in total. The highest BCUT2D eigenvalue weighted by Gasteiger charge is 2.14. The van der Waals surface area contributed by atoms with Gasteiger partial charge in [-0.3, -0.25) is 4.79 Å². The molecule has 0 amide bonds. The Bertz CT molecular complexity index is 287. The van der Waals surface area contributed by atoms with Crippen LogP contribution in [0.15, 0.2) is 36.4 Å². The second-order valence-corrected chi connectivity index (χ2v) is 5.10. The molecule has 0 aromatic heterocycles. The van der Waals surface area contributed by atoms with Crippen molar-refractivity contribution in [2.24, 2.45) is 0 Å². The molecule has 0 saturated carbocycles. The predicted molar refractivity (Wildman–Crippen MR) is 81.3 cm³/mol. The zero-order valence-corrected chi connectivity index (χ0v) is 12.2. The number of carbonyl (C=O) groups is 1. The molecule has 0 atom stereocenters. The van der Waals surface area contributed by atoms with E-state index in [4.69, 9.17) is 0 Å². The molecule has 0 radical (unpaired) electrons. The van der Waals surface area contributed by atoms with Gasteiger partial charge in [0, 0.05) is 25.9 Å². The Hall–Kier alpha value is -1.15. The number of Topliss-reactive ketones (excluding diaryl/α,β-unsaturated/α-hetero) is 1. The van der Waals surface area contributed by atoms with Gasteiger partial charge in [-0.25, -0.2) is 0 Å². The summed E-state index contributed by atoms with van der Waals surface area (Å²) < 4.78 is 0. The number of rotatable bonds is 5. The van der Waals surface area contributed by atoms with E-state index in [0.29, 0.717) is 5.78 Å². The van der Waals surface area contributed by atoms with Crippen molar-refractivity contribution in [2.75, 3.05) is 19.6 Å². The highest BCUT2D eigenvalue weighted by atomic mass is 16.1. The van der Waals surface area contributed by atoms with Gasteiger partial charge >= 0.3 is 0 Å². The molecule has 1 fully saturated rings. The zero-order chi connectivity index (χ0) is 13.8. The van der Waals surface area contributed by atoms with E-state index < -0.39 is 0 Å². The number of nitrogens with zero attached hydrogens (tertiary/aromatic N) is 1. The molecule has 0 unspecified atom stereocenters. The first-order valence-corrected chi connectivity index (χ1v) is 7.57. The molecule has 0 bridgehead atoms. The molecule has 1 heterocycles. The van der Waals surface area contributed by atoms with Gasteiger partial charge in [0.25, 0.3) is 0 Å². The number of hydrogen-bond donors (Lipinski definition) is 0. The summed E-state index contributed by atoms with van der Waals surface area (Å²) in [5.74, 6) is 0.449.